The van der Waals surface area contributed by atoms with Gasteiger partial charge in [0.1, 0.15) is 0 Å². The zero-order chi connectivity index (χ0) is 16.0. The Kier molecular flexibility index (Phi) is 4.03. The van der Waals surface area contributed by atoms with E-state index in [0.29, 0.717) is 16.7 Å². The molecular formula is C17H26N4OS. The van der Waals surface area contributed by atoms with Gasteiger partial charge in [-0.2, -0.15) is 0 Å². The van der Waals surface area contributed by atoms with E-state index in [0.717, 1.165) is 44.0 Å². The second-order valence-electron chi connectivity index (χ2n) is 7.45. The molecule has 2 saturated carbocycles. The molecule has 2 heterocycles. The number of hydrogen-bond donors (Lipinski definition) is 1. The van der Waals surface area contributed by atoms with Gasteiger partial charge in [0.2, 0.25) is 11.9 Å². The van der Waals surface area contributed by atoms with Crippen molar-refractivity contribution in [3.63, 3.8) is 0 Å². The maximum atomic E-state index is 13.2. The molecule has 1 aromatic heterocycles. The third-order valence-electron chi connectivity index (χ3n) is 6.28. The molecule has 1 aromatic rings. The van der Waals surface area contributed by atoms with E-state index in [4.69, 9.17) is 12.2 Å². The van der Waals surface area contributed by atoms with Crippen LogP contribution >= 0.6 is 12.2 Å². The summed E-state index contributed by atoms with van der Waals surface area (Å²) in [6, 6.07) is 0.526. The van der Waals surface area contributed by atoms with Gasteiger partial charge in [-0.3, -0.25) is 14.3 Å². The molecule has 23 heavy (non-hydrogen) atoms. The van der Waals surface area contributed by atoms with Crippen LogP contribution in [-0.2, 0) is 4.79 Å². The number of nitrogens with zero attached hydrogens (tertiary/aromatic N) is 3. The molecular weight excluding hydrogens is 308 g/mol. The minimum Gasteiger partial charge on any atom is -0.282 e. The molecule has 6 heteroatoms. The van der Waals surface area contributed by atoms with Gasteiger partial charge in [0, 0.05) is 6.04 Å². The quantitative estimate of drug-likeness (QED) is 0.832. The van der Waals surface area contributed by atoms with E-state index < -0.39 is 0 Å². The maximum absolute atomic E-state index is 13.2. The van der Waals surface area contributed by atoms with Crippen molar-refractivity contribution in [2.45, 2.75) is 76.8 Å². The SMILES string of the molecule is CCC1CCC(N2C(=O)C3CCCCC3n3c2n[nH]c3=S)CC1. The second-order valence-corrected chi connectivity index (χ2v) is 7.83. The van der Waals surface area contributed by atoms with Gasteiger partial charge < -0.3 is 0 Å². The third kappa shape index (κ3) is 2.46. The van der Waals surface area contributed by atoms with Crippen LogP contribution in [0, 0.1) is 16.6 Å². The molecule has 0 aromatic carbocycles. The van der Waals surface area contributed by atoms with E-state index in [1.165, 1.54) is 25.7 Å². The smallest absolute Gasteiger partial charge is 0.234 e. The topological polar surface area (TPSA) is 53.9 Å². The van der Waals surface area contributed by atoms with Gasteiger partial charge in [-0.15, -0.1) is 5.10 Å². The van der Waals surface area contributed by atoms with E-state index in [2.05, 4.69) is 21.7 Å². The average molecular weight is 334 g/mol. The summed E-state index contributed by atoms with van der Waals surface area (Å²) in [5.41, 5.74) is 0. The highest BCUT2D eigenvalue weighted by molar-refractivity contribution is 7.71. The molecule has 0 saturated heterocycles. The van der Waals surface area contributed by atoms with Crippen molar-refractivity contribution >= 4 is 24.1 Å². The number of hydrogen-bond acceptors (Lipinski definition) is 3. The van der Waals surface area contributed by atoms with Gasteiger partial charge in [0.15, 0.2) is 4.77 Å². The summed E-state index contributed by atoms with van der Waals surface area (Å²) in [6.45, 7) is 2.27. The number of anilines is 1. The number of fused-ring (bicyclic) bond motifs is 3. The van der Waals surface area contributed by atoms with Crippen LogP contribution < -0.4 is 4.90 Å². The van der Waals surface area contributed by atoms with Crippen LogP contribution in [0.1, 0.15) is 70.8 Å². The number of aromatic amines is 1. The Bertz CT molecular complexity index is 643. The van der Waals surface area contributed by atoms with Gasteiger partial charge in [-0.25, -0.2) is 5.10 Å². The lowest BCUT2D eigenvalue weighted by Crippen LogP contribution is -2.52. The first-order valence-electron chi connectivity index (χ1n) is 9.20. The van der Waals surface area contributed by atoms with Crippen molar-refractivity contribution in [2.24, 2.45) is 11.8 Å². The summed E-state index contributed by atoms with van der Waals surface area (Å²) in [4.78, 5) is 15.2. The molecule has 5 nitrogen and oxygen atoms in total. The third-order valence-corrected chi connectivity index (χ3v) is 6.56. The molecule has 1 aliphatic heterocycles. The summed E-state index contributed by atoms with van der Waals surface area (Å²) in [7, 11) is 0. The largest absolute Gasteiger partial charge is 0.282 e. The highest BCUT2D eigenvalue weighted by atomic mass is 32.1. The molecule has 1 N–H and O–H groups in total. The molecule has 3 aliphatic rings. The highest BCUT2D eigenvalue weighted by Gasteiger charge is 2.45. The summed E-state index contributed by atoms with van der Waals surface area (Å²) in [5.74, 6) is 2.01. The molecule has 2 unspecified atom stereocenters. The Morgan fingerprint density at radius 3 is 2.65 bits per heavy atom. The molecule has 2 atom stereocenters. The lowest BCUT2D eigenvalue weighted by Gasteiger charge is -2.44. The Morgan fingerprint density at radius 1 is 1.17 bits per heavy atom. The number of nitrogens with one attached hydrogen (secondary N) is 1. The van der Waals surface area contributed by atoms with Gasteiger partial charge in [0.25, 0.3) is 0 Å². The lowest BCUT2D eigenvalue weighted by molar-refractivity contribution is -0.126. The molecule has 2 fully saturated rings. The van der Waals surface area contributed by atoms with Crippen LogP contribution in [-0.4, -0.2) is 26.7 Å². The van der Waals surface area contributed by atoms with Crippen molar-refractivity contribution in [1.29, 1.82) is 0 Å². The summed E-state index contributed by atoms with van der Waals surface area (Å²) >= 11 is 5.48. The molecule has 0 spiro atoms. The van der Waals surface area contributed by atoms with Crippen molar-refractivity contribution < 1.29 is 4.79 Å². The zero-order valence-electron chi connectivity index (χ0n) is 13.8. The van der Waals surface area contributed by atoms with Crippen LogP contribution in [0.4, 0.5) is 5.95 Å². The molecule has 0 radical (unpaired) electrons. The van der Waals surface area contributed by atoms with Crippen LogP contribution in [0.5, 0.6) is 0 Å². The first-order chi connectivity index (χ1) is 11.2. The molecule has 2 aliphatic carbocycles. The molecule has 1 amide bonds. The van der Waals surface area contributed by atoms with E-state index in [-0.39, 0.29) is 12.0 Å². The molecule has 126 valence electrons. The lowest BCUT2D eigenvalue weighted by atomic mass is 9.80. The number of H-pyrrole nitrogens is 1. The van der Waals surface area contributed by atoms with E-state index in [9.17, 15) is 4.79 Å². The number of carbonyl (C=O) groups excluding carboxylic acids is 1. The Labute approximate surface area is 142 Å². The second kappa shape index (κ2) is 6.04. The van der Waals surface area contributed by atoms with Crippen molar-refractivity contribution in [1.82, 2.24) is 14.8 Å². The zero-order valence-corrected chi connectivity index (χ0v) is 14.6. The van der Waals surface area contributed by atoms with Gasteiger partial charge in [0.05, 0.1) is 12.0 Å². The molecule has 4 rings (SSSR count). The van der Waals surface area contributed by atoms with Gasteiger partial charge in [-0.05, 0) is 56.7 Å². The maximum Gasteiger partial charge on any atom is 0.234 e. The van der Waals surface area contributed by atoms with Crippen LogP contribution in [0.25, 0.3) is 0 Å². The first kappa shape index (κ1) is 15.4. The Balaban J connectivity index is 1.68. The highest BCUT2D eigenvalue weighted by Crippen LogP contribution is 2.43. The summed E-state index contributed by atoms with van der Waals surface area (Å²) in [5, 5.41) is 7.39. The van der Waals surface area contributed by atoms with Crippen molar-refractivity contribution in [3.8, 4) is 0 Å². The first-order valence-corrected chi connectivity index (χ1v) is 9.61. The number of carbonyl (C=O) groups is 1. The molecule has 0 bridgehead atoms. The van der Waals surface area contributed by atoms with Crippen molar-refractivity contribution in [2.75, 3.05) is 4.90 Å². The number of aromatic nitrogens is 3. The summed E-state index contributed by atoms with van der Waals surface area (Å²) in [6.07, 6.45) is 10.3. The van der Waals surface area contributed by atoms with E-state index >= 15 is 0 Å². The standard InChI is InChI=1S/C17H26N4OS/c1-2-11-7-9-12(10-8-11)20-15(22)13-5-3-4-6-14(13)21-16(20)18-19-17(21)23/h11-14H,2-10H2,1H3,(H,19,23). The fraction of sp³-hybridized carbons (Fsp3) is 0.824. The Hall–Kier alpha value is -1.17. The van der Waals surface area contributed by atoms with Crippen LogP contribution in [0.15, 0.2) is 0 Å². The minimum absolute atomic E-state index is 0.101. The van der Waals surface area contributed by atoms with Crippen LogP contribution in [0.3, 0.4) is 0 Å². The van der Waals surface area contributed by atoms with Crippen LogP contribution in [0.2, 0.25) is 0 Å². The predicted octanol–water partition coefficient (Wildman–Crippen LogP) is 3.99. The number of amides is 1. The average Bonchev–Trinajstić information content (AvgIpc) is 2.97. The minimum atomic E-state index is 0.101. The predicted molar refractivity (Wildman–Crippen MR) is 91.9 cm³/mol. The normalized spacial score (nSPS) is 34.1. The van der Waals surface area contributed by atoms with Gasteiger partial charge in [-0.1, -0.05) is 26.2 Å². The summed E-state index contributed by atoms with van der Waals surface area (Å²) < 4.78 is 2.82. The van der Waals surface area contributed by atoms with E-state index in [1.54, 1.807) is 0 Å². The van der Waals surface area contributed by atoms with Gasteiger partial charge >= 0.3 is 0 Å². The monoisotopic (exact) mass is 334 g/mol. The number of rotatable bonds is 2. The van der Waals surface area contributed by atoms with E-state index in [1.807, 2.05) is 4.90 Å². The van der Waals surface area contributed by atoms with Crippen molar-refractivity contribution in [3.05, 3.63) is 4.77 Å². The fourth-order valence-corrected chi connectivity index (χ4v) is 5.17. The Morgan fingerprint density at radius 2 is 1.91 bits per heavy atom. The fourth-order valence-electron chi connectivity index (χ4n) is 4.91.